The van der Waals surface area contributed by atoms with E-state index in [9.17, 15) is 4.79 Å². The van der Waals surface area contributed by atoms with Crippen LogP contribution in [0.3, 0.4) is 0 Å². The van der Waals surface area contributed by atoms with Crippen molar-refractivity contribution in [1.82, 2.24) is 4.90 Å². The fourth-order valence-corrected chi connectivity index (χ4v) is 1.67. The second-order valence-corrected chi connectivity index (χ2v) is 3.63. The first kappa shape index (κ1) is 13.4. The first-order valence-corrected chi connectivity index (χ1v) is 5.42. The highest BCUT2D eigenvalue weighted by Crippen LogP contribution is 2.07. The fourth-order valence-electron chi connectivity index (χ4n) is 1.67. The monoisotopic (exact) mass is 201 g/mol. The summed E-state index contributed by atoms with van der Waals surface area (Å²) < 4.78 is 4.59. The number of hydrogen-bond donors (Lipinski definition) is 0. The van der Waals surface area contributed by atoms with Crippen molar-refractivity contribution in [3.63, 3.8) is 0 Å². The van der Waals surface area contributed by atoms with E-state index in [-0.39, 0.29) is 5.97 Å². The number of hydrogen-bond acceptors (Lipinski definition) is 3. The van der Waals surface area contributed by atoms with Crippen LogP contribution in [0.5, 0.6) is 0 Å². The van der Waals surface area contributed by atoms with Gasteiger partial charge in [-0.1, -0.05) is 13.8 Å². The van der Waals surface area contributed by atoms with E-state index in [0.717, 1.165) is 13.0 Å². The van der Waals surface area contributed by atoms with Crippen molar-refractivity contribution >= 4 is 5.97 Å². The topological polar surface area (TPSA) is 29.5 Å². The van der Waals surface area contributed by atoms with Crippen LogP contribution < -0.4 is 0 Å². The summed E-state index contributed by atoms with van der Waals surface area (Å²) in [5.74, 6) is -0.108. The normalized spacial score (nSPS) is 11.0. The molecule has 0 rings (SSSR count). The molecule has 3 nitrogen and oxygen atoms in total. The van der Waals surface area contributed by atoms with Gasteiger partial charge in [0.1, 0.15) is 0 Å². The van der Waals surface area contributed by atoms with Crippen molar-refractivity contribution in [3.8, 4) is 0 Å². The molecule has 84 valence electrons. The second-order valence-electron chi connectivity index (χ2n) is 3.63. The van der Waals surface area contributed by atoms with Gasteiger partial charge in [-0.15, -0.1) is 0 Å². The average Bonchev–Trinajstić information content (AvgIpc) is 2.19. The summed E-state index contributed by atoms with van der Waals surface area (Å²) in [5, 5.41) is 0. The van der Waals surface area contributed by atoms with E-state index < -0.39 is 0 Å². The minimum atomic E-state index is -0.108. The van der Waals surface area contributed by atoms with Crippen LogP contribution in [0.4, 0.5) is 0 Å². The van der Waals surface area contributed by atoms with Crippen molar-refractivity contribution in [3.05, 3.63) is 0 Å². The zero-order valence-corrected chi connectivity index (χ0v) is 9.88. The van der Waals surface area contributed by atoms with E-state index in [1.807, 2.05) is 0 Å². The Morgan fingerprint density at radius 3 is 2.36 bits per heavy atom. The summed E-state index contributed by atoms with van der Waals surface area (Å²) in [6, 6.07) is 0.646. The number of methoxy groups -OCH3 is 1. The molecule has 0 saturated heterocycles. The average molecular weight is 201 g/mol. The Balaban J connectivity index is 3.61. The van der Waals surface area contributed by atoms with Crippen molar-refractivity contribution in [2.45, 2.75) is 45.6 Å². The maximum Gasteiger partial charge on any atom is 0.305 e. The molecule has 14 heavy (non-hydrogen) atoms. The lowest BCUT2D eigenvalue weighted by atomic mass is 10.1. The van der Waals surface area contributed by atoms with Crippen LogP contribution in [-0.2, 0) is 9.53 Å². The molecule has 0 aliphatic carbocycles. The number of nitrogens with zero attached hydrogens (tertiary/aromatic N) is 1. The van der Waals surface area contributed by atoms with Gasteiger partial charge in [0.2, 0.25) is 0 Å². The third-order valence-electron chi connectivity index (χ3n) is 2.69. The van der Waals surface area contributed by atoms with E-state index >= 15 is 0 Å². The molecular weight excluding hydrogens is 178 g/mol. The van der Waals surface area contributed by atoms with Crippen molar-refractivity contribution in [2.24, 2.45) is 0 Å². The lowest BCUT2D eigenvalue weighted by Gasteiger charge is -2.25. The Bertz CT molecular complexity index is 155. The molecule has 0 bridgehead atoms. The van der Waals surface area contributed by atoms with Gasteiger partial charge in [-0.3, -0.25) is 4.79 Å². The molecule has 0 aliphatic rings. The highest BCUT2D eigenvalue weighted by Gasteiger charge is 2.10. The summed E-state index contributed by atoms with van der Waals surface area (Å²) in [4.78, 5) is 13.2. The third-order valence-corrected chi connectivity index (χ3v) is 2.69. The highest BCUT2D eigenvalue weighted by molar-refractivity contribution is 5.69. The number of carbonyl (C=O) groups is 1. The Morgan fingerprint density at radius 2 is 1.93 bits per heavy atom. The number of ether oxygens (including phenoxy) is 1. The number of carbonyl (C=O) groups excluding carboxylic acids is 1. The first-order chi connectivity index (χ1) is 6.65. The molecule has 0 spiro atoms. The predicted molar refractivity (Wildman–Crippen MR) is 58.3 cm³/mol. The SMILES string of the molecule is CCC(CC)N(C)CCCC(=O)OC. The van der Waals surface area contributed by atoms with Gasteiger partial charge >= 0.3 is 5.97 Å². The van der Waals surface area contributed by atoms with Crippen LogP contribution in [0, 0.1) is 0 Å². The summed E-state index contributed by atoms with van der Waals surface area (Å²) in [7, 11) is 3.56. The smallest absolute Gasteiger partial charge is 0.305 e. The summed E-state index contributed by atoms with van der Waals surface area (Å²) in [6.45, 7) is 5.37. The Kier molecular flexibility index (Phi) is 7.48. The molecule has 0 aromatic heterocycles. The summed E-state index contributed by atoms with van der Waals surface area (Å²) >= 11 is 0. The molecule has 0 atom stereocenters. The highest BCUT2D eigenvalue weighted by atomic mass is 16.5. The minimum absolute atomic E-state index is 0.108. The minimum Gasteiger partial charge on any atom is -0.469 e. The molecule has 0 aromatic carbocycles. The standard InChI is InChI=1S/C11H23NO2/c1-5-10(6-2)12(3)9-7-8-11(13)14-4/h10H,5-9H2,1-4H3. The van der Waals surface area contributed by atoms with E-state index in [0.29, 0.717) is 12.5 Å². The fraction of sp³-hybridized carbons (Fsp3) is 0.909. The molecule has 0 aliphatic heterocycles. The molecular formula is C11H23NO2. The van der Waals surface area contributed by atoms with Gasteiger partial charge in [0.15, 0.2) is 0 Å². The van der Waals surface area contributed by atoms with Crippen LogP contribution in [0.1, 0.15) is 39.5 Å². The van der Waals surface area contributed by atoms with Gasteiger partial charge in [-0.05, 0) is 32.9 Å². The van der Waals surface area contributed by atoms with Crippen LogP contribution >= 0.6 is 0 Å². The van der Waals surface area contributed by atoms with Crippen molar-refractivity contribution in [2.75, 3.05) is 20.7 Å². The van der Waals surface area contributed by atoms with Gasteiger partial charge < -0.3 is 9.64 Å². The van der Waals surface area contributed by atoms with Crippen LogP contribution in [0.2, 0.25) is 0 Å². The number of esters is 1. The molecule has 0 radical (unpaired) electrons. The zero-order chi connectivity index (χ0) is 11.0. The zero-order valence-electron chi connectivity index (χ0n) is 9.88. The lowest BCUT2D eigenvalue weighted by molar-refractivity contribution is -0.140. The lowest BCUT2D eigenvalue weighted by Crippen LogP contribution is -2.31. The van der Waals surface area contributed by atoms with Crippen LogP contribution in [-0.4, -0.2) is 37.6 Å². The Morgan fingerprint density at radius 1 is 1.36 bits per heavy atom. The molecule has 0 N–H and O–H groups in total. The van der Waals surface area contributed by atoms with Gasteiger partial charge in [0.25, 0.3) is 0 Å². The first-order valence-electron chi connectivity index (χ1n) is 5.42. The molecule has 0 heterocycles. The van der Waals surface area contributed by atoms with E-state index in [4.69, 9.17) is 0 Å². The summed E-state index contributed by atoms with van der Waals surface area (Å²) in [6.07, 6.45) is 3.76. The number of rotatable bonds is 7. The van der Waals surface area contributed by atoms with E-state index in [1.54, 1.807) is 0 Å². The van der Waals surface area contributed by atoms with Crippen molar-refractivity contribution < 1.29 is 9.53 Å². The van der Waals surface area contributed by atoms with Crippen LogP contribution in [0.25, 0.3) is 0 Å². The Labute approximate surface area is 87.4 Å². The molecule has 0 amide bonds. The van der Waals surface area contributed by atoms with E-state index in [1.165, 1.54) is 20.0 Å². The molecule has 3 heteroatoms. The van der Waals surface area contributed by atoms with Gasteiger partial charge in [-0.25, -0.2) is 0 Å². The van der Waals surface area contributed by atoms with E-state index in [2.05, 4.69) is 30.5 Å². The van der Waals surface area contributed by atoms with Crippen molar-refractivity contribution in [1.29, 1.82) is 0 Å². The quantitative estimate of drug-likeness (QED) is 0.590. The maximum absolute atomic E-state index is 10.9. The van der Waals surface area contributed by atoms with Gasteiger partial charge in [-0.2, -0.15) is 0 Å². The molecule has 0 saturated carbocycles. The second kappa shape index (κ2) is 7.80. The van der Waals surface area contributed by atoms with Gasteiger partial charge in [0.05, 0.1) is 7.11 Å². The van der Waals surface area contributed by atoms with Crippen LogP contribution in [0.15, 0.2) is 0 Å². The predicted octanol–water partition coefficient (Wildman–Crippen LogP) is 2.06. The molecule has 0 aromatic rings. The largest absolute Gasteiger partial charge is 0.469 e. The Hall–Kier alpha value is -0.570. The van der Waals surface area contributed by atoms with Gasteiger partial charge in [0, 0.05) is 12.5 Å². The summed E-state index contributed by atoms with van der Waals surface area (Å²) in [5.41, 5.74) is 0. The molecule has 0 unspecified atom stereocenters. The maximum atomic E-state index is 10.9. The molecule has 0 fully saturated rings. The third kappa shape index (κ3) is 5.22.